The second-order valence-electron chi connectivity index (χ2n) is 8.03. The number of para-hydroxylation sites is 1. The molecule has 3 nitrogen and oxygen atoms in total. The van der Waals surface area contributed by atoms with Crippen molar-refractivity contribution in [3.8, 4) is 0 Å². The van der Waals surface area contributed by atoms with Gasteiger partial charge in [0.1, 0.15) is 0 Å². The molecule has 2 bridgehead atoms. The maximum atomic E-state index is 5.56. The van der Waals surface area contributed by atoms with Crippen LogP contribution in [0.2, 0.25) is 0 Å². The van der Waals surface area contributed by atoms with Crippen LogP contribution in [0.15, 0.2) is 54.6 Å². The summed E-state index contributed by atoms with van der Waals surface area (Å²) in [7, 11) is 0. The predicted molar refractivity (Wildman–Crippen MR) is 117 cm³/mol. The van der Waals surface area contributed by atoms with Gasteiger partial charge in [0.05, 0.1) is 0 Å². The number of aryl methyl sites for hydroxylation is 1. The molecule has 2 aromatic rings. The third-order valence-corrected chi connectivity index (χ3v) is 6.20. The van der Waals surface area contributed by atoms with E-state index in [4.69, 9.17) is 12.2 Å². The quantitative estimate of drug-likeness (QED) is 0.742. The number of thiocarbonyl (C=S) groups is 1. The zero-order valence-electron chi connectivity index (χ0n) is 16.0. The molecule has 2 heterocycles. The van der Waals surface area contributed by atoms with E-state index in [1.807, 2.05) is 30.3 Å². The molecule has 1 unspecified atom stereocenters. The lowest BCUT2D eigenvalue weighted by molar-refractivity contribution is 0.0212. The Morgan fingerprint density at radius 3 is 2.33 bits per heavy atom. The minimum absolute atomic E-state index is 0.471. The summed E-state index contributed by atoms with van der Waals surface area (Å²) in [6.45, 7) is 3.23. The monoisotopic (exact) mass is 379 g/mol. The van der Waals surface area contributed by atoms with Gasteiger partial charge in [-0.25, -0.2) is 0 Å². The van der Waals surface area contributed by atoms with Crippen LogP contribution in [0.1, 0.15) is 43.2 Å². The smallest absolute Gasteiger partial charge is 0.170 e. The molecule has 0 amide bonds. The predicted octanol–water partition coefficient (Wildman–Crippen LogP) is 4.87. The van der Waals surface area contributed by atoms with Crippen molar-refractivity contribution in [3.63, 3.8) is 0 Å². The third-order valence-electron chi connectivity index (χ3n) is 5.98. The van der Waals surface area contributed by atoms with Crippen molar-refractivity contribution in [2.24, 2.45) is 0 Å². The fourth-order valence-corrected chi connectivity index (χ4v) is 4.92. The molecule has 0 aliphatic carbocycles. The second-order valence-corrected chi connectivity index (χ2v) is 8.44. The van der Waals surface area contributed by atoms with Gasteiger partial charge in [-0.05, 0) is 62.5 Å². The Balaban J connectivity index is 1.36. The van der Waals surface area contributed by atoms with Crippen LogP contribution in [0.4, 0.5) is 5.69 Å². The molecule has 3 atom stereocenters. The number of hydrogen-bond donors (Lipinski definition) is 2. The van der Waals surface area contributed by atoms with Gasteiger partial charge in [-0.3, -0.25) is 4.90 Å². The van der Waals surface area contributed by atoms with Gasteiger partial charge in [0, 0.05) is 30.4 Å². The van der Waals surface area contributed by atoms with E-state index in [9.17, 15) is 0 Å². The molecule has 27 heavy (non-hydrogen) atoms. The van der Waals surface area contributed by atoms with E-state index in [0.717, 1.165) is 17.3 Å². The molecule has 0 saturated carbocycles. The molecule has 2 aromatic carbocycles. The zero-order chi connectivity index (χ0) is 18.6. The van der Waals surface area contributed by atoms with E-state index in [0.29, 0.717) is 18.1 Å². The van der Waals surface area contributed by atoms with Gasteiger partial charge in [-0.15, -0.1) is 0 Å². The highest BCUT2D eigenvalue weighted by Gasteiger charge is 2.38. The highest BCUT2D eigenvalue weighted by atomic mass is 32.1. The maximum Gasteiger partial charge on any atom is 0.170 e. The van der Waals surface area contributed by atoms with Crippen molar-refractivity contribution < 1.29 is 0 Å². The SMILES string of the molecule is Cc1ccc(CN2[C@@H]3CCC[C@H]2CC(NC(=S)Nc2ccccc2)C3)cc1. The van der Waals surface area contributed by atoms with E-state index >= 15 is 0 Å². The Hall–Kier alpha value is -1.91. The molecular formula is C23H29N3S. The summed E-state index contributed by atoms with van der Waals surface area (Å²) in [5, 5.41) is 7.65. The third kappa shape index (κ3) is 4.69. The Kier molecular flexibility index (Phi) is 5.74. The summed E-state index contributed by atoms with van der Waals surface area (Å²) in [5.74, 6) is 0. The first kappa shape index (κ1) is 18.5. The van der Waals surface area contributed by atoms with Crippen LogP contribution in [-0.2, 0) is 6.54 Å². The lowest BCUT2D eigenvalue weighted by Crippen LogP contribution is -2.56. The van der Waals surface area contributed by atoms with Gasteiger partial charge in [-0.2, -0.15) is 0 Å². The van der Waals surface area contributed by atoms with Crippen LogP contribution in [0.3, 0.4) is 0 Å². The van der Waals surface area contributed by atoms with E-state index < -0.39 is 0 Å². The average Bonchev–Trinajstić information content (AvgIpc) is 2.65. The van der Waals surface area contributed by atoms with Gasteiger partial charge in [0.15, 0.2) is 5.11 Å². The zero-order valence-corrected chi connectivity index (χ0v) is 16.8. The molecule has 0 spiro atoms. The highest BCUT2D eigenvalue weighted by molar-refractivity contribution is 7.80. The van der Waals surface area contributed by atoms with E-state index in [2.05, 4.69) is 46.7 Å². The normalized spacial score (nSPS) is 25.0. The summed E-state index contributed by atoms with van der Waals surface area (Å²) in [4.78, 5) is 2.75. The molecule has 142 valence electrons. The van der Waals surface area contributed by atoms with Gasteiger partial charge >= 0.3 is 0 Å². The van der Waals surface area contributed by atoms with E-state index in [-0.39, 0.29) is 0 Å². The number of anilines is 1. The number of rotatable bonds is 4. The van der Waals surface area contributed by atoms with Crippen LogP contribution in [-0.4, -0.2) is 28.1 Å². The highest BCUT2D eigenvalue weighted by Crippen LogP contribution is 2.35. The molecule has 0 radical (unpaired) electrons. The van der Waals surface area contributed by atoms with Gasteiger partial charge < -0.3 is 10.6 Å². The fraction of sp³-hybridized carbons (Fsp3) is 0.435. The van der Waals surface area contributed by atoms with Crippen molar-refractivity contribution in [3.05, 3.63) is 65.7 Å². The topological polar surface area (TPSA) is 27.3 Å². The van der Waals surface area contributed by atoms with Crippen molar-refractivity contribution in [2.45, 2.75) is 63.7 Å². The summed E-state index contributed by atoms with van der Waals surface area (Å²) in [6.07, 6.45) is 6.33. The summed E-state index contributed by atoms with van der Waals surface area (Å²) < 4.78 is 0. The Labute approximate surface area is 168 Å². The van der Waals surface area contributed by atoms with Crippen molar-refractivity contribution >= 4 is 23.0 Å². The van der Waals surface area contributed by atoms with Crippen LogP contribution in [0.25, 0.3) is 0 Å². The molecule has 4 heteroatoms. The Bertz CT molecular complexity index is 745. The maximum absolute atomic E-state index is 5.56. The standard InChI is InChI=1S/C23H29N3S/c1-17-10-12-18(13-11-17)16-26-21-8-5-9-22(26)15-20(14-21)25-23(27)24-19-6-3-2-4-7-19/h2-4,6-7,10-13,20-22H,5,8-9,14-16H2,1H3,(H2,24,25,27)/t20?,21-,22+. The van der Waals surface area contributed by atoms with Crippen LogP contribution in [0, 0.1) is 6.92 Å². The number of nitrogens with one attached hydrogen (secondary N) is 2. The molecule has 2 aliphatic heterocycles. The average molecular weight is 380 g/mol. The second kappa shape index (κ2) is 8.41. The lowest BCUT2D eigenvalue weighted by atomic mass is 9.81. The van der Waals surface area contributed by atoms with Crippen molar-refractivity contribution in [1.29, 1.82) is 0 Å². The first-order valence-electron chi connectivity index (χ1n) is 10.1. The first-order valence-corrected chi connectivity index (χ1v) is 10.5. The molecule has 2 N–H and O–H groups in total. The van der Waals surface area contributed by atoms with E-state index in [1.165, 1.54) is 43.2 Å². The molecule has 4 rings (SSSR count). The molecular weight excluding hydrogens is 350 g/mol. The largest absolute Gasteiger partial charge is 0.360 e. The lowest BCUT2D eigenvalue weighted by Gasteiger charge is -2.49. The minimum Gasteiger partial charge on any atom is -0.360 e. The van der Waals surface area contributed by atoms with Gasteiger partial charge in [0.2, 0.25) is 0 Å². The van der Waals surface area contributed by atoms with Crippen LogP contribution < -0.4 is 10.6 Å². The molecule has 2 aliphatic rings. The minimum atomic E-state index is 0.471. The Morgan fingerprint density at radius 2 is 1.67 bits per heavy atom. The van der Waals surface area contributed by atoms with E-state index in [1.54, 1.807) is 0 Å². The molecule has 0 aromatic heterocycles. The number of fused-ring (bicyclic) bond motifs is 2. The van der Waals surface area contributed by atoms with Crippen LogP contribution >= 0.6 is 12.2 Å². The van der Waals surface area contributed by atoms with Crippen LogP contribution in [0.5, 0.6) is 0 Å². The van der Waals surface area contributed by atoms with Gasteiger partial charge in [-0.1, -0.05) is 54.4 Å². The fourth-order valence-electron chi connectivity index (χ4n) is 4.63. The summed E-state index contributed by atoms with van der Waals surface area (Å²) in [5.41, 5.74) is 3.82. The molecule has 2 fully saturated rings. The number of hydrogen-bond acceptors (Lipinski definition) is 2. The number of benzene rings is 2. The Morgan fingerprint density at radius 1 is 1.00 bits per heavy atom. The van der Waals surface area contributed by atoms with Crippen molar-refractivity contribution in [2.75, 3.05) is 5.32 Å². The number of piperidine rings is 2. The first-order chi connectivity index (χ1) is 13.2. The van der Waals surface area contributed by atoms with Gasteiger partial charge in [0.25, 0.3) is 0 Å². The molecule has 2 saturated heterocycles. The summed E-state index contributed by atoms with van der Waals surface area (Å²) >= 11 is 5.56. The van der Waals surface area contributed by atoms with Crippen molar-refractivity contribution in [1.82, 2.24) is 10.2 Å². The summed E-state index contributed by atoms with van der Waals surface area (Å²) in [6, 6.07) is 21.0. The number of nitrogens with zero attached hydrogens (tertiary/aromatic N) is 1.